The number of rotatable bonds is 9. The first-order chi connectivity index (χ1) is 18.8. The van der Waals surface area contributed by atoms with E-state index in [1.807, 2.05) is 6.07 Å². The smallest absolute Gasteiger partial charge is 0.270 e. The number of nitriles is 1. The van der Waals surface area contributed by atoms with Crippen molar-refractivity contribution in [2.45, 2.75) is 18.9 Å². The lowest BCUT2D eigenvalue weighted by molar-refractivity contribution is -0.384. The molecule has 3 aromatic rings. The Bertz CT molecular complexity index is 1480. The molecule has 11 heteroatoms. The monoisotopic (exact) mass is 528 g/mol. The zero-order valence-electron chi connectivity index (χ0n) is 21.2. The minimum Gasteiger partial charge on any atom is -0.493 e. The lowest BCUT2D eigenvalue weighted by Gasteiger charge is -2.28. The van der Waals surface area contributed by atoms with Gasteiger partial charge in [-0.05, 0) is 54.4 Å². The Morgan fingerprint density at radius 2 is 1.79 bits per heavy atom. The molecule has 1 unspecified atom stereocenters. The molecule has 1 heterocycles. The van der Waals surface area contributed by atoms with Crippen molar-refractivity contribution < 1.29 is 28.8 Å². The highest BCUT2D eigenvalue weighted by Gasteiger charge is 2.44. The van der Waals surface area contributed by atoms with Crippen LogP contribution in [-0.4, -0.2) is 54.4 Å². The second-order valence-electron chi connectivity index (χ2n) is 8.69. The van der Waals surface area contributed by atoms with E-state index in [9.17, 15) is 24.5 Å². The summed E-state index contributed by atoms with van der Waals surface area (Å²) < 4.78 is 10.6. The van der Waals surface area contributed by atoms with Crippen LogP contribution in [0.15, 0.2) is 66.7 Å². The van der Waals surface area contributed by atoms with Crippen LogP contribution in [0.1, 0.15) is 27.9 Å². The third-order valence-corrected chi connectivity index (χ3v) is 6.41. The van der Waals surface area contributed by atoms with Crippen LogP contribution in [0.25, 0.3) is 0 Å². The van der Waals surface area contributed by atoms with Crippen LogP contribution in [0.3, 0.4) is 0 Å². The summed E-state index contributed by atoms with van der Waals surface area (Å²) in [6.45, 7) is 0.0436. The number of non-ortho nitro benzene ring substituents is 1. The van der Waals surface area contributed by atoms with Gasteiger partial charge in [0.2, 0.25) is 5.91 Å². The van der Waals surface area contributed by atoms with Crippen molar-refractivity contribution in [2.24, 2.45) is 0 Å². The number of methoxy groups -OCH3 is 2. The summed E-state index contributed by atoms with van der Waals surface area (Å²) in [5, 5.41) is 20.4. The summed E-state index contributed by atoms with van der Waals surface area (Å²) >= 11 is 0. The van der Waals surface area contributed by atoms with Gasteiger partial charge in [0.15, 0.2) is 11.5 Å². The number of nitro benzene ring substituents is 1. The largest absolute Gasteiger partial charge is 0.493 e. The van der Waals surface area contributed by atoms with Crippen molar-refractivity contribution >= 4 is 29.1 Å². The number of carbonyl (C=O) groups is 3. The van der Waals surface area contributed by atoms with Gasteiger partial charge in [0, 0.05) is 24.2 Å². The number of anilines is 1. The number of ether oxygens (including phenoxy) is 2. The fraction of sp³-hybridized carbons (Fsp3) is 0.214. The van der Waals surface area contributed by atoms with Crippen LogP contribution in [0.4, 0.5) is 11.4 Å². The summed E-state index contributed by atoms with van der Waals surface area (Å²) in [6.07, 6.45) is 0.0429. The molecule has 3 aromatic carbocycles. The van der Waals surface area contributed by atoms with Gasteiger partial charge >= 0.3 is 0 Å². The van der Waals surface area contributed by atoms with Crippen LogP contribution in [0, 0.1) is 21.4 Å². The Morgan fingerprint density at radius 1 is 1.08 bits per heavy atom. The average molecular weight is 529 g/mol. The highest BCUT2D eigenvalue weighted by atomic mass is 16.6. The lowest BCUT2D eigenvalue weighted by Crippen LogP contribution is -2.46. The topological polar surface area (TPSA) is 143 Å². The third kappa shape index (κ3) is 5.55. The van der Waals surface area contributed by atoms with E-state index in [1.54, 1.807) is 18.2 Å². The Labute approximate surface area is 223 Å². The standard InChI is InChI=1S/C28H24N4O7/c1-38-24-11-8-18(14-25(24)39-2)12-13-30(27(34)20-4-3-5-22(15-20)32(36)37)23-16-26(33)31(28(23)35)21-9-6-19(17-29)7-10-21/h3-11,14-15,23H,12-13,16H2,1-2H3. The maximum absolute atomic E-state index is 13.7. The zero-order valence-corrected chi connectivity index (χ0v) is 21.2. The van der Waals surface area contributed by atoms with E-state index >= 15 is 0 Å². The molecule has 0 spiro atoms. The van der Waals surface area contributed by atoms with Crippen molar-refractivity contribution in [3.63, 3.8) is 0 Å². The molecule has 1 fully saturated rings. The molecule has 3 amide bonds. The van der Waals surface area contributed by atoms with Crippen LogP contribution in [0.2, 0.25) is 0 Å². The maximum Gasteiger partial charge on any atom is 0.270 e. The van der Waals surface area contributed by atoms with Gasteiger partial charge in [-0.25, -0.2) is 4.90 Å². The number of carbonyl (C=O) groups excluding carboxylic acids is 3. The van der Waals surface area contributed by atoms with E-state index in [2.05, 4.69) is 0 Å². The number of hydrogen-bond acceptors (Lipinski definition) is 8. The van der Waals surface area contributed by atoms with E-state index < -0.39 is 28.7 Å². The molecule has 11 nitrogen and oxygen atoms in total. The second kappa shape index (κ2) is 11.4. The van der Waals surface area contributed by atoms with Crippen molar-refractivity contribution in [2.75, 3.05) is 25.7 Å². The summed E-state index contributed by atoms with van der Waals surface area (Å²) in [7, 11) is 3.01. The van der Waals surface area contributed by atoms with Gasteiger partial charge in [-0.2, -0.15) is 5.26 Å². The molecular weight excluding hydrogens is 504 g/mol. The van der Waals surface area contributed by atoms with Crippen molar-refractivity contribution in [1.29, 1.82) is 5.26 Å². The van der Waals surface area contributed by atoms with E-state index in [-0.39, 0.29) is 29.9 Å². The van der Waals surface area contributed by atoms with Crippen molar-refractivity contribution in [3.05, 3.63) is 93.5 Å². The molecule has 0 bridgehead atoms. The molecule has 1 aliphatic rings. The quantitative estimate of drug-likeness (QED) is 0.233. The average Bonchev–Trinajstić information content (AvgIpc) is 3.25. The molecule has 4 rings (SSSR count). The Morgan fingerprint density at radius 3 is 2.44 bits per heavy atom. The third-order valence-electron chi connectivity index (χ3n) is 6.41. The fourth-order valence-corrected chi connectivity index (χ4v) is 4.42. The van der Waals surface area contributed by atoms with Gasteiger partial charge in [-0.15, -0.1) is 0 Å². The minimum atomic E-state index is -1.12. The fourth-order valence-electron chi connectivity index (χ4n) is 4.42. The molecule has 39 heavy (non-hydrogen) atoms. The summed E-state index contributed by atoms with van der Waals surface area (Å²) in [6, 6.07) is 17.3. The SMILES string of the molecule is COc1ccc(CCN(C(=O)c2cccc([N+](=O)[O-])c2)C2CC(=O)N(c3ccc(C#N)cc3)C2=O)cc1OC. The zero-order chi connectivity index (χ0) is 28.1. The van der Waals surface area contributed by atoms with E-state index in [4.69, 9.17) is 14.7 Å². The predicted octanol–water partition coefficient (Wildman–Crippen LogP) is 3.50. The number of amides is 3. The predicted molar refractivity (Wildman–Crippen MR) is 139 cm³/mol. The first-order valence-corrected chi connectivity index (χ1v) is 11.9. The van der Waals surface area contributed by atoms with E-state index in [1.165, 1.54) is 61.6 Å². The highest BCUT2D eigenvalue weighted by molar-refractivity contribution is 6.23. The molecule has 0 radical (unpaired) electrons. The lowest BCUT2D eigenvalue weighted by atomic mass is 10.1. The molecule has 0 saturated carbocycles. The Kier molecular flexibility index (Phi) is 7.86. The summed E-state index contributed by atoms with van der Waals surface area (Å²) in [5.74, 6) is -0.702. The van der Waals surface area contributed by atoms with E-state index in [0.29, 0.717) is 23.5 Å². The number of benzene rings is 3. The second-order valence-corrected chi connectivity index (χ2v) is 8.69. The maximum atomic E-state index is 13.7. The first-order valence-electron chi connectivity index (χ1n) is 11.9. The van der Waals surface area contributed by atoms with Gasteiger partial charge in [0.05, 0.1) is 42.9 Å². The number of nitro groups is 1. The molecule has 1 aliphatic heterocycles. The molecular formula is C28H24N4O7. The van der Waals surface area contributed by atoms with E-state index in [0.717, 1.165) is 16.5 Å². The van der Waals surface area contributed by atoms with Gasteiger partial charge in [0.25, 0.3) is 17.5 Å². The molecule has 0 aromatic heterocycles. The molecule has 1 atom stereocenters. The number of nitrogens with zero attached hydrogens (tertiary/aromatic N) is 4. The number of imide groups is 1. The van der Waals surface area contributed by atoms with Gasteiger partial charge in [-0.1, -0.05) is 12.1 Å². The van der Waals surface area contributed by atoms with Crippen LogP contribution < -0.4 is 14.4 Å². The van der Waals surface area contributed by atoms with Crippen molar-refractivity contribution in [1.82, 2.24) is 4.90 Å². The summed E-state index contributed by atoms with van der Waals surface area (Å²) in [4.78, 5) is 53.1. The van der Waals surface area contributed by atoms with Gasteiger partial charge < -0.3 is 14.4 Å². The first kappa shape index (κ1) is 26.8. The van der Waals surface area contributed by atoms with Gasteiger partial charge in [-0.3, -0.25) is 24.5 Å². The highest BCUT2D eigenvalue weighted by Crippen LogP contribution is 2.30. The van der Waals surface area contributed by atoms with Gasteiger partial charge in [0.1, 0.15) is 6.04 Å². The summed E-state index contributed by atoms with van der Waals surface area (Å²) in [5.41, 5.74) is 1.19. The van der Waals surface area contributed by atoms with Crippen LogP contribution in [0.5, 0.6) is 11.5 Å². The van der Waals surface area contributed by atoms with Crippen LogP contribution in [-0.2, 0) is 16.0 Å². The Hall–Kier alpha value is -5.24. The van der Waals surface area contributed by atoms with Crippen molar-refractivity contribution in [3.8, 4) is 17.6 Å². The number of hydrogen-bond donors (Lipinski definition) is 0. The van der Waals surface area contributed by atoms with Crippen LogP contribution >= 0.6 is 0 Å². The molecule has 0 aliphatic carbocycles. The molecule has 0 N–H and O–H groups in total. The molecule has 198 valence electrons. The Balaban J connectivity index is 1.67. The molecule has 1 saturated heterocycles. The normalized spacial score (nSPS) is 14.6. The minimum absolute atomic E-state index is 0.0218.